The number of rotatable bonds is 5. The number of hydrogen-bond acceptors (Lipinski definition) is 5. The lowest BCUT2D eigenvalue weighted by atomic mass is 10.2. The fourth-order valence-electron chi connectivity index (χ4n) is 3.40. The normalized spacial score (nSPS) is 15.0. The lowest BCUT2D eigenvalue weighted by Crippen LogP contribution is -2.45. The SMILES string of the molecule is CN1CCN(c2ncccc2CNC(=O)NCc2cc3ccccc3o2)CC1. The Hall–Kier alpha value is -3.06. The van der Waals surface area contributed by atoms with E-state index < -0.39 is 0 Å². The summed E-state index contributed by atoms with van der Waals surface area (Å²) in [6.07, 6.45) is 1.80. The molecule has 1 aliphatic heterocycles. The summed E-state index contributed by atoms with van der Waals surface area (Å²) in [4.78, 5) is 21.4. The molecule has 0 aliphatic carbocycles. The number of amides is 2. The number of pyridine rings is 1. The molecular formula is C21H25N5O2. The summed E-state index contributed by atoms with van der Waals surface area (Å²) in [7, 11) is 2.13. The average molecular weight is 379 g/mol. The van der Waals surface area contributed by atoms with E-state index in [2.05, 4.69) is 32.5 Å². The van der Waals surface area contributed by atoms with E-state index in [-0.39, 0.29) is 6.03 Å². The third-order valence-corrected chi connectivity index (χ3v) is 5.01. The number of hydrogen-bond donors (Lipinski definition) is 2. The molecule has 7 nitrogen and oxygen atoms in total. The van der Waals surface area contributed by atoms with Crippen molar-refractivity contribution in [1.29, 1.82) is 0 Å². The maximum atomic E-state index is 12.2. The molecule has 1 aliphatic rings. The number of carbonyl (C=O) groups is 1. The number of aromatic nitrogens is 1. The highest BCUT2D eigenvalue weighted by Gasteiger charge is 2.18. The Labute approximate surface area is 164 Å². The zero-order valence-corrected chi connectivity index (χ0v) is 16.0. The van der Waals surface area contributed by atoms with Gasteiger partial charge in [-0.05, 0) is 25.2 Å². The Morgan fingerprint density at radius 3 is 2.68 bits per heavy atom. The van der Waals surface area contributed by atoms with Gasteiger partial charge in [-0.2, -0.15) is 0 Å². The molecule has 4 rings (SSSR count). The highest BCUT2D eigenvalue weighted by atomic mass is 16.3. The van der Waals surface area contributed by atoms with Crippen LogP contribution in [-0.4, -0.2) is 49.1 Å². The summed E-state index contributed by atoms with van der Waals surface area (Å²) in [5.41, 5.74) is 1.85. The summed E-state index contributed by atoms with van der Waals surface area (Å²) in [5, 5.41) is 6.81. The van der Waals surface area contributed by atoms with Gasteiger partial charge in [0.15, 0.2) is 0 Å². The quantitative estimate of drug-likeness (QED) is 0.713. The first-order valence-corrected chi connectivity index (χ1v) is 9.55. The molecule has 2 N–H and O–H groups in total. The summed E-state index contributed by atoms with van der Waals surface area (Å²) < 4.78 is 5.73. The summed E-state index contributed by atoms with van der Waals surface area (Å²) in [6.45, 7) is 4.70. The molecule has 1 aromatic carbocycles. The standard InChI is InChI=1S/C21H25N5O2/c1-25-9-11-26(12-10-25)20-17(6-4-8-22-20)14-23-21(27)24-15-18-13-16-5-2-3-7-19(16)28-18/h2-8,13H,9-12,14-15H2,1H3,(H2,23,24,27). The van der Waals surface area contributed by atoms with E-state index >= 15 is 0 Å². The average Bonchev–Trinajstić information content (AvgIpc) is 3.15. The minimum Gasteiger partial charge on any atom is -0.459 e. The summed E-state index contributed by atoms with van der Waals surface area (Å²) >= 11 is 0. The zero-order chi connectivity index (χ0) is 19.3. The second-order valence-electron chi connectivity index (χ2n) is 7.06. The molecule has 0 bridgehead atoms. The van der Waals surface area contributed by atoms with Crippen molar-refractivity contribution in [3.63, 3.8) is 0 Å². The van der Waals surface area contributed by atoms with E-state index in [0.717, 1.165) is 54.3 Å². The number of furan rings is 1. The van der Waals surface area contributed by atoms with Crippen LogP contribution in [0.5, 0.6) is 0 Å². The van der Waals surface area contributed by atoms with Crippen LogP contribution in [0.1, 0.15) is 11.3 Å². The van der Waals surface area contributed by atoms with Crippen LogP contribution in [0.2, 0.25) is 0 Å². The second-order valence-corrected chi connectivity index (χ2v) is 7.06. The fraction of sp³-hybridized carbons (Fsp3) is 0.333. The molecule has 3 aromatic rings. The first-order chi connectivity index (χ1) is 13.7. The fourth-order valence-corrected chi connectivity index (χ4v) is 3.40. The van der Waals surface area contributed by atoms with Crippen LogP contribution in [0, 0.1) is 0 Å². The molecule has 7 heteroatoms. The molecule has 2 amide bonds. The third kappa shape index (κ3) is 4.26. The van der Waals surface area contributed by atoms with E-state index in [1.807, 2.05) is 42.5 Å². The zero-order valence-electron chi connectivity index (χ0n) is 16.0. The van der Waals surface area contributed by atoms with Gasteiger partial charge >= 0.3 is 6.03 Å². The van der Waals surface area contributed by atoms with Crippen molar-refractivity contribution in [3.8, 4) is 0 Å². The van der Waals surface area contributed by atoms with Crippen molar-refractivity contribution in [3.05, 3.63) is 60.0 Å². The van der Waals surface area contributed by atoms with Gasteiger partial charge < -0.3 is 24.9 Å². The minimum absolute atomic E-state index is 0.228. The maximum Gasteiger partial charge on any atom is 0.315 e. The first kappa shape index (κ1) is 18.3. The highest BCUT2D eigenvalue weighted by Crippen LogP contribution is 2.19. The molecule has 3 heterocycles. The summed E-state index contributed by atoms with van der Waals surface area (Å²) in [5.74, 6) is 1.68. The van der Waals surface area contributed by atoms with E-state index in [0.29, 0.717) is 13.1 Å². The van der Waals surface area contributed by atoms with Crippen LogP contribution in [0.25, 0.3) is 11.0 Å². The number of nitrogens with one attached hydrogen (secondary N) is 2. The Morgan fingerprint density at radius 1 is 1.07 bits per heavy atom. The molecule has 0 saturated carbocycles. The molecule has 0 radical (unpaired) electrons. The van der Waals surface area contributed by atoms with Crippen molar-refractivity contribution >= 4 is 22.8 Å². The van der Waals surface area contributed by atoms with Crippen LogP contribution in [0.3, 0.4) is 0 Å². The Kier molecular flexibility index (Phi) is 5.43. The molecule has 0 spiro atoms. The van der Waals surface area contributed by atoms with Crippen LogP contribution >= 0.6 is 0 Å². The largest absolute Gasteiger partial charge is 0.459 e. The van der Waals surface area contributed by atoms with Crippen LogP contribution in [0.15, 0.2) is 53.1 Å². The number of fused-ring (bicyclic) bond motifs is 1. The number of benzene rings is 1. The minimum atomic E-state index is -0.228. The molecule has 1 fully saturated rings. The molecule has 28 heavy (non-hydrogen) atoms. The molecule has 0 unspecified atom stereocenters. The number of para-hydroxylation sites is 1. The predicted octanol–water partition coefficient (Wildman–Crippen LogP) is 2.58. The molecule has 146 valence electrons. The van der Waals surface area contributed by atoms with E-state index in [1.54, 1.807) is 6.20 Å². The number of likely N-dealkylation sites (N-methyl/N-ethyl adjacent to an activating group) is 1. The monoisotopic (exact) mass is 379 g/mol. The van der Waals surface area contributed by atoms with Gasteiger partial charge in [0.05, 0.1) is 6.54 Å². The Morgan fingerprint density at radius 2 is 1.86 bits per heavy atom. The van der Waals surface area contributed by atoms with Gasteiger partial charge in [0.2, 0.25) is 0 Å². The van der Waals surface area contributed by atoms with Gasteiger partial charge in [0, 0.05) is 49.9 Å². The van der Waals surface area contributed by atoms with E-state index in [1.165, 1.54) is 0 Å². The predicted molar refractivity (Wildman–Crippen MR) is 109 cm³/mol. The number of anilines is 1. The van der Waals surface area contributed by atoms with Gasteiger partial charge in [-0.25, -0.2) is 9.78 Å². The van der Waals surface area contributed by atoms with Crippen molar-refractivity contribution in [1.82, 2.24) is 20.5 Å². The number of nitrogens with zero attached hydrogens (tertiary/aromatic N) is 3. The highest BCUT2D eigenvalue weighted by molar-refractivity contribution is 5.78. The van der Waals surface area contributed by atoms with Crippen LogP contribution < -0.4 is 15.5 Å². The lowest BCUT2D eigenvalue weighted by Gasteiger charge is -2.34. The second kappa shape index (κ2) is 8.31. The van der Waals surface area contributed by atoms with Gasteiger partial charge in [0.25, 0.3) is 0 Å². The van der Waals surface area contributed by atoms with Crippen molar-refractivity contribution < 1.29 is 9.21 Å². The topological polar surface area (TPSA) is 73.6 Å². The van der Waals surface area contributed by atoms with Gasteiger partial charge in [-0.15, -0.1) is 0 Å². The number of urea groups is 1. The number of piperazine rings is 1. The summed E-state index contributed by atoms with van der Waals surface area (Å²) in [6, 6.07) is 13.4. The maximum absolute atomic E-state index is 12.2. The van der Waals surface area contributed by atoms with Crippen LogP contribution in [0.4, 0.5) is 10.6 Å². The lowest BCUT2D eigenvalue weighted by molar-refractivity contribution is 0.239. The first-order valence-electron chi connectivity index (χ1n) is 9.55. The molecular weight excluding hydrogens is 354 g/mol. The van der Waals surface area contributed by atoms with Gasteiger partial charge in [-0.1, -0.05) is 24.3 Å². The molecule has 0 atom stereocenters. The molecule has 2 aromatic heterocycles. The van der Waals surface area contributed by atoms with Gasteiger partial charge in [-0.3, -0.25) is 0 Å². The number of carbonyl (C=O) groups excluding carboxylic acids is 1. The van der Waals surface area contributed by atoms with Crippen LogP contribution in [-0.2, 0) is 13.1 Å². The Balaban J connectivity index is 1.32. The van der Waals surface area contributed by atoms with Crippen molar-refractivity contribution in [2.24, 2.45) is 0 Å². The third-order valence-electron chi connectivity index (χ3n) is 5.01. The van der Waals surface area contributed by atoms with Crippen molar-refractivity contribution in [2.75, 3.05) is 38.1 Å². The Bertz CT molecular complexity index is 914. The smallest absolute Gasteiger partial charge is 0.315 e. The van der Waals surface area contributed by atoms with Crippen molar-refractivity contribution in [2.45, 2.75) is 13.1 Å². The van der Waals surface area contributed by atoms with Gasteiger partial charge in [0.1, 0.15) is 17.2 Å². The van der Waals surface area contributed by atoms with E-state index in [9.17, 15) is 4.79 Å². The van der Waals surface area contributed by atoms with E-state index in [4.69, 9.17) is 4.42 Å². The molecule has 1 saturated heterocycles.